The normalized spacial score (nSPS) is 13.6. The van der Waals surface area contributed by atoms with E-state index in [9.17, 15) is 9.59 Å². The minimum absolute atomic E-state index is 0.0303. The number of carbonyl (C=O) groups excluding carboxylic acids is 2. The molecule has 0 spiro atoms. The molecule has 0 saturated carbocycles. The van der Waals surface area contributed by atoms with Crippen LogP contribution < -0.4 is 14.3 Å². The number of alkyl carbamates (subject to hydrolysis) is 1. The molecule has 1 aliphatic rings. The number of fused-ring (bicyclic) bond motifs is 3. The van der Waals surface area contributed by atoms with Crippen molar-refractivity contribution in [1.29, 1.82) is 0 Å². The molecule has 0 saturated heterocycles. The SMILES string of the molecule is CC(C)[C@H](NC(=O)CNC(=O)OCC1c2ccccc2-c2ccccc21)c1nc(-c2n[c]([Sn]([CH3])([CH3])[CH3])cs2)cs1. The number of amides is 2. The zero-order chi connectivity index (χ0) is 28.4. The van der Waals surface area contributed by atoms with Gasteiger partial charge in [0, 0.05) is 5.92 Å². The molecule has 5 rings (SSSR count). The van der Waals surface area contributed by atoms with Gasteiger partial charge in [0.1, 0.15) is 6.61 Å². The van der Waals surface area contributed by atoms with Crippen LogP contribution in [0.2, 0.25) is 14.8 Å². The number of hydrogen-bond acceptors (Lipinski definition) is 7. The molecule has 2 N–H and O–H groups in total. The predicted molar refractivity (Wildman–Crippen MR) is 165 cm³/mol. The van der Waals surface area contributed by atoms with E-state index in [1.807, 2.05) is 43.5 Å². The average molecular weight is 681 g/mol. The predicted octanol–water partition coefficient (Wildman–Crippen LogP) is 6.16. The molecule has 208 valence electrons. The first-order chi connectivity index (χ1) is 19.1. The third-order valence-corrected chi connectivity index (χ3v) is 14.5. The second-order valence-electron chi connectivity index (χ2n) is 11.3. The number of carbonyl (C=O) groups is 2. The van der Waals surface area contributed by atoms with Gasteiger partial charge in [0.05, 0.1) is 0 Å². The topological polar surface area (TPSA) is 93.2 Å². The summed E-state index contributed by atoms with van der Waals surface area (Å²) in [7, 11) is 0. The molecule has 0 aliphatic heterocycles. The Labute approximate surface area is 247 Å². The van der Waals surface area contributed by atoms with Gasteiger partial charge in [0.25, 0.3) is 0 Å². The molecule has 10 heteroatoms. The third-order valence-electron chi connectivity index (χ3n) is 7.00. The van der Waals surface area contributed by atoms with E-state index < -0.39 is 24.5 Å². The van der Waals surface area contributed by atoms with Gasteiger partial charge >= 0.3 is 156 Å². The Kier molecular flexibility index (Phi) is 8.63. The minimum atomic E-state index is -2.24. The number of aromatic nitrogens is 2. The molecular weight excluding hydrogens is 647 g/mol. The van der Waals surface area contributed by atoms with Crippen LogP contribution in [0.1, 0.15) is 41.9 Å². The summed E-state index contributed by atoms with van der Waals surface area (Å²) in [6.07, 6.45) is -0.613. The zero-order valence-electron chi connectivity index (χ0n) is 23.4. The number of rotatable bonds is 9. The molecule has 2 aromatic heterocycles. The van der Waals surface area contributed by atoms with Gasteiger partial charge in [0.2, 0.25) is 0 Å². The second-order valence-corrected chi connectivity index (χ2v) is 27.4. The van der Waals surface area contributed by atoms with E-state index in [4.69, 9.17) is 14.7 Å². The van der Waals surface area contributed by atoms with Gasteiger partial charge in [-0.1, -0.05) is 48.5 Å². The molecule has 0 fully saturated rings. The van der Waals surface area contributed by atoms with E-state index in [0.29, 0.717) is 0 Å². The van der Waals surface area contributed by atoms with Crippen molar-refractivity contribution in [3.8, 4) is 21.8 Å². The number of nitrogens with one attached hydrogen (secondary N) is 2. The fourth-order valence-electron chi connectivity index (χ4n) is 4.80. The molecule has 2 heterocycles. The van der Waals surface area contributed by atoms with Crippen LogP contribution in [0.25, 0.3) is 21.8 Å². The molecular formula is C30H34N4O3S2Sn. The molecule has 0 unspecified atom stereocenters. The quantitative estimate of drug-likeness (QED) is 0.207. The van der Waals surface area contributed by atoms with Gasteiger partial charge in [-0.3, -0.25) is 0 Å². The summed E-state index contributed by atoms with van der Waals surface area (Å²) < 4.78 is 6.81. The first kappa shape index (κ1) is 28.8. The zero-order valence-corrected chi connectivity index (χ0v) is 27.8. The summed E-state index contributed by atoms with van der Waals surface area (Å²) in [5.41, 5.74) is 5.48. The van der Waals surface area contributed by atoms with Crippen molar-refractivity contribution in [2.45, 2.75) is 40.6 Å². The van der Waals surface area contributed by atoms with E-state index >= 15 is 0 Å². The van der Waals surface area contributed by atoms with Crippen molar-refractivity contribution in [3.05, 3.63) is 75.4 Å². The monoisotopic (exact) mass is 682 g/mol. The van der Waals surface area contributed by atoms with Gasteiger partial charge < -0.3 is 4.74 Å². The summed E-state index contributed by atoms with van der Waals surface area (Å²) >= 11 is 0.911. The summed E-state index contributed by atoms with van der Waals surface area (Å²) in [6.45, 7) is 4.11. The maximum absolute atomic E-state index is 12.8. The first-order valence-corrected chi connectivity index (χ1v) is 25.2. The van der Waals surface area contributed by atoms with Crippen molar-refractivity contribution < 1.29 is 14.3 Å². The van der Waals surface area contributed by atoms with Crippen molar-refractivity contribution in [1.82, 2.24) is 20.6 Å². The van der Waals surface area contributed by atoms with Crippen LogP contribution in [-0.2, 0) is 9.53 Å². The van der Waals surface area contributed by atoms with Crippen LogP contribution in [0.15, 0.2) is 59.3 Å². The first-order valence-electron chi connectivity index (χ1n) is 13.4. The van der Waals surface area contributed by atoms with Gasteiger partial charge in [0.15, 0.2) is 0 Å². The summed E-state index contributed by atoms with van der Waals surface area (Å²) in [5.74, 6) is -0.199. The molecule has 7 nitrogen and oxygen atoms in total. The van der Waals surface area contributed by atoms with E-state index in [2.05, 4.69) is 55.1 Å². The molecule has 1 atom stereocenters. The molecule has 2 amide bonds. The van der Waals surface area contributed by atoms with Crippen molar-refractivity contribution in [2.24, 2.45) is 5.92 Å². The van der Waals surface area contributed by atoms with Gasteiger partial charge in [-0.05, 0) is 22.3 Å². The molecule has 2 aromatic carbocycles. The number of hydrogen-bond donors (Lipinski definition) is 2. The van der Waals surface area contributed by atoms with E-state index in [-0.39, 0.29) is 36.9 Å². The number of thiazole rings is 2. The Morgan fingerprint density at radius 2 is 1.60 bits per heavy atom. The van der Waals surface area contributed by atoms with Gasteiger partial charge in [-0.15, -0.1) is 0 Å². The van der Waals surface area contributed by atoms with Crippen LogP contribution in [-0.4, -0.2) is 53.5 Å². The number of benzene rings is 2. The van der Waals surface area contributed by atoms with E-state index in [0.717, 1.165) is 26.8 Å². The Hall–Kier alpha value is -2.76. The van der Waals surface area contributed by atoms with Crippen LogP contribution >= 0.6 is 22.7 Å². The standard InChI is InChI=1S/C27H25N4O3S2.3CH3.Sn/c1-16(2)24(26-30-22(15-36-26)25-28-11-12-35-25)31-23(32)13-29-27(33)34-14-21-19-9-5-3-7-17(19)18-8-4-6-10-20(18)21;;;;/h3-10,12,15-16,21,24H,13-14H2,1-2H3,(H,29,33)(H,31,32);3*1H3;/t24-;;;;/m0..../s1. The summed E-state index contributed by atoms with van der Waals surface area (Å²) in [4.78, 5) is 42.1. The molecule has 0 radical (unpaired) electrons. The van der Waals surface area contributed by atoms with E-state index in [1.54, 1.807) is 11.3 Å². The van der Waals surface area contributed by atoms with Crippen molar-refractivity contribution >= 4 is 56.8 Å². The van der Waals surface area contributed by atoms with Crippen LogP contribution in [0.4, 0.5) is 4.79 Å². The molecule has 40 heavy (non-hydrogen) atoms. The molecule has 0 bridgehead atoms. The Bertz CT molecular complexity index is 1480. The van der Waals surface area contributed by atoms with Crippen LogP contribution in [0.5, 0.6) is 0 Å². The third kappa shape index (κ3) is 6.26. The fraction of sp³-hybridized carbons (Fsp3) is 0.333. The summed E-state index contributed by atoms with van der Waals surface area (Å²) in [6, 6.07) is 16.1. The van der Waals surface area contributed by atoms with Crippen LogP contribution in [0, 0.1) is 5.92 Å². The Morgan fingerprint density at radius 1 is 0.950 bits per heavy atom. The van der Waals surface area contributed by atoms with Gasteiger partial charge in [-0.2, -0.15) is 0 Å². The second kappa shape index (κ2) is 12.0. The van der Waals surface area contributed by atoms with Crippen molar-refractivity contribution in [2.75, 3.05) is 13.2 Å². The molecule has 4 aromatic rings. The average Bonchev–Trinajstić information content (AvgIpc) is 3.67. The summed E-state index contributed by atoms with van der Waals surface area (Å²) in [5, 5.41) is 11.6. The van der Waals surface area contributed by atoms with Crippen molar-refractivity contribution in [3.63, 3.8) is 0 Å². The van der Waals surface area contributed by atoms with Gasteiger partial charge in [-0.25, -0.2) is 4.79 Å². The van der Waals surface area contributed by atoms with Crippen LogP contribution in [0.3, 0.4) is 0 Å². The number of nitrogens with zero attached hydrogens (tertiary/aromatic N) is 2. The molecule has 1 aliphatic carbocycles. The fourth-order valence-corrected chi connectivity index (χ4v) is 11.9. The Morgan fingerprint density at radius 3 is 2.20 bits per heavy atom. The Balaban J connectivity index is 1.16. The number of ether oxygens (including phenoxy) is 1. The maximum atomic E-state index is 12.8. The van der Waals surface area contributed by atoms with E-state index in [1.165, 1.54) is 26.2 Å².